The van der Waals surface area contributed by atoms with Gasteiger partial charge < -0.3 is 10.1 Å². The molecule has 2 rings (SSSR count). The number of carbonyl (C=O) groups excluding carboxylic acids is 2. The van der Waals surface area contributed by atoms with Crippen LogP contribution in [0, 0.1) is 13.8 Å². The Morgan fingerprint density at radius 2 is 1.79 bits per heavy atom. The molecule has 24 heavy (non-hydrogen) atoms. The summed E-state index contributed by atoms with van der Waals surface area (Å²) >= 11 is 0. The average Bonchev–Trinajstić information content (AvgIpc) is 2.56. The van der Waals surface area contributed by atoms with E-state index in [2.05, 4.69) is 5.32 Å². The molecule has 2 aromatic carbocycles. The zero-order valence-electron chi connectivity index (χ0n) is 14.3. The molecular formula is C20H23NO3. The van der Waals surface area contributed by atoms with Crippen LogP contribution >= 0.6 is 0 Å². The van der Waals surface area contributed by atoms with Crippen molar-refractivity contribution in [3.63, 3.8) is 0 Å². The van der Waals surface area contributed by atoms with E-state index in [-0.39, 0.29) is 18.3 Å². The number of anilines is 1. The maximum Gasteiger partial charge on any atom is 0.306 e. The largest absolute Gasteiger partial charge is 0.453 e. The van der Waals surface area contributed by atoms with Crippen molar-refractivity contribution in [1.82, 2.24) is 0 Å². The molecule has 1 amide bonds. The van der Waals surface area contributed by atoms with Crippen molar-refractivity contribution in [2.45, 2.75) is 39.7 Å². The lowest BCUT2D eigenvalue weighted by atomic mass is 10.1. The van der Waals surface area contributed by atoms with Crippen LogP contribution in [0.4, 0.5) is 5.69 Å². The molecule has 0 fully saturated rings. The smallest absolute Gasteiger partial charge is 0.306 e. The average molecular weight is 325 g/mol. The van der Waals surface area contributed by atoms with Crippen molar-refractivity contribution in [2.24, 2.45) is 0 Å². The van der Waals surface area contributed by atoms with Crippen molar-refractivity contribution >= 4 is 17.6 Å². The molecule has 1 N–H and O–H groups in total. The van der Waals surface area contributed by atoms with E-state index in [0.29, 0.717) is 6.42 Å². The minimum atomic E-state index is -0.825. The molecule has 1 atom stereocenters. The summed E-state index contributed by atoms with van der Waals surface area (Å²) in [4.78, 5) is 24.1. The van der Waals surface area contributed by atoms with Crippen molar-refractivity contribution < 1.29 is 14.3 Å². The van der Waals surface area contributed by atoms with Gasteiger partial charge in [-0.1, -0.05) is 48.0 Å². The van der Waals surface area contributed by atoms with Crippen molar-refractivity contribution in [3.8, 4) is 0 Å². The van der Waals surface area contributed by atoms with Gasteiger partial charge in [0.15, 0.2) is 6.10 Å². The number of benzene rings is 2. The SMILES string of the molecule is Cc1ccc(NC(=O)[C@H](C)OC(=O)CCc2ccccc2)c(C)c1. The third kappa shape index (κ3) is 5.23. The zero-order chi connectivity index (χ0) is 17.5. The molecule has 4 heteroatoms. The van der Waals surface area contributed by atoms with Crippen molar-refractivity contribution in [2.75, 3.05) is 5.32 Å². The van der Waals surface area contributed by atoms with Gasteiger partial charge in [0.2, 0.25) is 0 Å². The van der Waals surface area contributed by atoms with Crippen LogP contribution in [-0.4, -0.2) is 18.0 Å². The van der Waals surface area contributed by atoms with Crippen LogP contribution in [-0.2, 0) is 20.7 Å². The lowest BCUT2D eigenvalue weighted by Crippen LogP contribution is -2.30. The first-order valence-corrected chi connectivity index (χ1v) is 8.07. The van der Waals surface area contributed by atoms with Crippen LogP contribution < -0.4 is 5.32 Å². The van der Waals surface area contributed by atoms with Crippen molar-refractivity contribution in [3.05, 3.63) is 65.2 Å². The van der Waals surface area contributed by atoms with E-state index in [1.807, 2.05) is 62.4 Å². The number of hydrogen-bond donors (Lipinski definition) is 1. The van der Waals surface area contributed by atoms with Gasteiger partial charge in [0.05, 0.1) is 0 Å². The number of carbonyl (C=O) groups is 2. The lowest BCUT2D eigenvalue weighted by molar-refractivity contribution is -0.153. The molecule has 0 aliphatic rings. The summed E-state index contributed by atoms with van der Waals surface area (Å²) in [5, 5.41) is 2.80. The first kappa shape index (κ1) is 17.7. The fourth-order valence-corrected chi connectivity index (χ4v) is 2.39. The summed E-state index contributed by atoms with van der Waals surface area (Å²) < 4.78 is 5.22. The first-order valence-electron chi connectivity index (χ1n) is 8.07. The minimum absolute atomic E-state index is 0.255. The molecule has 0 spiro atoms. The minimum Gasteiger partial charge on any atom is -0.453 e. The van der Waals surface area contributed by atoms with E-state index in [1.165, 1.54) is 0 Å². The summed E-state index contributed by atoms with van der Waals surface area (Å²) in [7, 11) is 0. The lowest BCUT2D eigenvalue weighted by Gasteiger charge is -2.15. The predicted octanol–water partition coefficient (Wildman–Crippen LogP) is 3.81. The predicted molar refractivity (Wildman–Crippen MR) is 94.9 cm³/mol. The van der Waals surface area contributed by atoms with Gasteiger partial charge >= 0.3 is 5.97 Å². The Kier molecular flexibility index (Phi) is 6.13. The fourth-order valence-electron chi connectivity index (χ4n) is 2.39. The van der Waals surface area contributed by atoms with Gasteiger partial charge in [-0.05, 0) is 44.4 Å². The molecule has 0 aliphatic carbocycles. The second-order valence-corrected chi connectivity index (χ2v) is 5.93. The molecule has 0 saturated carbocycles. The molecular weight excluding hydrogens is 302 g/mol. The highest BCUT2D eigenvalue weighted by molar-refractivity contribution is 5.95. The maximum atomic E-state index is 12.2. The first-order chi connectivity index (χ1) is 11.5. The number of aryl methyl sites for hydroxylation is 3. The van der Waals surface area contributed by atoms with Crippen molar-refractivity contribution in [1.29, 1.82) is 0 Å². The third-order valence-electron chi connectivity index (χ3n) is 3.78. The highest BCUT2D eigenvalue weighted by Crippen LogP contribution is 2.16. The molecule has 0 saturated heterocycles. The Balaban J connectivity index is 1.83. The van der Waals surface area contributed by atoms with Crippen LogP contribution in [0.2, 0.25) is 0 Å². The quantitative estimate of drug-likeness (QED) is 0.822. The Morgan fingerprint density at radius 3 is 2.46 bits per heavy atom. The summed E-state index contributed by atoms with van der Waals surface area (Å²) in [5.74, 6) is -0.697. The monoisotopic (exact) mass is 325 g/mol. The topological polar surface area (TPSA) is 55.4 Å². The van der Waals surface area contributed by atoms with Crippen LogP contribution in [0.25, 0.3) is 0 Å². The van der Waals surface area contributed by atoms with Crippen LogP contribution in [0.1, 0.15) is 30.0 Å². The van der Waals surface area contributed by atoms with Crippen LogP contribution in [0.15, 0.2) is 48.5 Å². The number of esters is 1. The maximum absolute atomic E-state index is 12.2. The fraction of sp³-hybridized carbons (Fsp3) is 0.300. The number of nitrogens with one attached hydrogen (secondary N) is 1. The molecule has 126 valence electrons. The third-order valence-corrected chi connectivity index (χ3v) is 3.78. The Morgan fingerprint density at radius 1 is 1.08 bits per heavy atom. The van der Waals surface area contributed by atoms with Gasteiger partial charge in [0.1, 0.15) is 0 Å². The van der Waals surface area contributed by atoms with E-state index >= 15 is 0 Å². The normalized spacial score (nSPS) is 11.6. The Bertz CT molecular complexity index is 710. The molecule has 0 aliphatic heterocycles. The molecule has 0 bridgehead atoms. The molecule has 2 aromatic rings. The van der Waals surface area contributed by atoms with Crippen LogP contribution in [0.3, 0.4) is 0 Å². The number of rotatable bonds is 6. The molecule has 4 nitrogen and oxygen atoms in total. The summed E-state index contributed by atoms with van der Waals surface area (Å²) in [5.41, 5.74) is 3.91. The van der Waals surface area contributed by atoms with Gasteiger partial charge in [-0.25, -0.2) is 0 Å². The Labute approximate surface area is 142 Å². The zero-order valence-corrected chi connectivity index (χ0v) is 14.3. The molecule has 0 heterocycles. The molecule has 0 radical (unpaired) electrons. The standard InChI is InChI=1S/C20H23NO3/c1-14-9-11-18(15(2)13-14)21-20(23)16(3)24-19(22)12-10-17-7-5-4-6-8-17/h4-9,11,13,16H,10,12H2,1-3H3,(H,21,23)/t16-/m0/s1. The second-order valence-electron chi connectivity index (χ2n) is 5.93. The van der Waals surface area contributed by atoms with Gasteiger partial charge in [-0.2, -0.15) is 0 Å². The van der Waals surface area contributed by atoms with Crippen LogP contribution in [0.5, 0.6) is 0 Å². The number of amides is 1. The highest BCUT2D eigenvalue weighted by atomic mass is 16.5. The molecule has 0 unspecified atom stereocenters. The van der Waals surface area contributed by atoms with Gasteiger partial charge in [0.25, 0.3) is 5.91 Å². The van der Waals surface area contributed by atoms with Gasteiger partial charge in [0, 0.05) is 12.1 Å². The van der Waals surface area contributed by atoms with E-state index < -0.39 is 6.10 Å². The number of ether oxygens (including phenoxy) is 1. The molecule has 0 aromatic heterocycles. The van der Waals surface area contributed by atoms with Gasteiger partial charge in [-0.3, -0.25) is 9.59 Å². The highest BCUT2D eigenvalue weighted by Gasteiger charge is 2.18. The number of hydrogen-bond acceptors (Lipinski definition) is 3. The summed E-state index contributed by atoms with van der Waals surface area (Å²) in [6.45, 7) is 5.51. The van der Waals surface area contributed by atoms with E-state index in [0.717, 1.165) is 22.4 Å². The summed E-state index contributed by atoms with van der Waals surface area (Å²) in [6, 6.07) is 15.5. The summed E-state index contributed by atoms with van der Waals surface area (Å²) in [6.07, 6.45) is 0.0324. The van der Waals surface area contributed by atoms with E-state index in [9.17, 15) is 9.59 Å². The Hall–Kier alpha value is -2.62. The van der Waals surface area contributed by atoms with E-state index in [1.54, 1.807) is 6.92 Å². The second kappa shape index (κ2) is 8.29. The van der Waals surface area contributed by atoms with E-state index in [4.69, 9.17) is 4.74 Å². The van der Waals surface area contributed by atoms with Gasteiger partial charge in [-0.15, -0.1) is 0 Å².